The molecule has 2 rings (SSSR count). The van der Waals surface area contributed by atoms with Crippen LogP contribution in [0.4, 0.5) is 11.6 Å². The van der Waals surface area contributed by atoms with E-state index in [1.807, 2.05) is 0 Å². The Morgan fingerprint density at radius 1 is 1.59 bits per heavy atom. The molecule has 3 N–H and O–H groups in total. The summed E-state index contributed by atoms with van der Waals surface area (Å²) in [5, 5.41) is 3.34. The maximum absolute atomic E-state index is 5.71. The third kappa shape index (κ3) is 3.29. The van der Waals surface area contributed by atoms with Crippen molar-refractivity contribution in [3.05, 3.63) is 10.8 Å². The van der Waals surface area contributed by atoms with Crippen LogP contribution in [-0.2, 0) is 0 Å². The average Bonchev–Trinajstić information content (AvgIpc) is 2.31. The monoisotopic (exact) mass is 299 g/mol. The summed E-state index contributed by atoms with van der Waals surface area (Å²) in [5.74, 6) is 1.94. The van der Waals surface area contributed by atoms with Crippen LogP contribution in [0.15, 0.2) is 10.8 Å². The van der Waals surface area contributed by atoms with Crippen molar-refractivity contribution < 1.29 is 0 Å². The van der Waals surface area contributed by atoms with Crippen LogP contribution >= 0.6 is 15.9 Å². The molecule has 17 heavy (non-hydrogen) atoms. The fraction of sp³-hybridized carbons (Fsp3) is 0.636. The fourth-order valence-corrected chi connectivity index (χ4v) is 2.53. The van der Waals surface area contributed by atoms with Crippen LogP contribution < -0.4 is 11.1 Å². The molecule has 5 nitrogen and oxygen atoms in total. The first-order chi connectivity index (χ1) is 8.16. The third-order valence-electron chi connectivity index (χ3n) is 3.10. The van der Waals surface area contributed by atoms with Gasteiger partial charge in [0.15, 0.2) is 0 Å². The van der Waals surface area contributed by atoms with Gasteiger partial charge in [0.05, 0.1) is 0 Å². The number of hydrogen-bond acceptors (Lipinski definition) is 5. The lowest BCUT2D eigenvalue weighted by Crippen LogP contribution is -2.35. The molecule has 0 radical (unpaired) electrons. The zero-order chi connectivity index (χ0) is 12.3. The minimum Gasteiger partial charge on any atom is -0.383 e. The summed E-state index contributed by atoms with van der Waals surface area (Å²) in [4.78, 5) is 10.5. The number of rotatable bonds is 3. The Hall–Kier alpha value is -0.880. The SMILES string of the molecule is CN1CCCC(CNc2ncnc(N)c2Br)C1. The maximum Gasteiger partial charge on any atom is 0.145 e. The summed E-state index contributed by atoms with van der Waals surface area (Å²) < 4.78 is 0.754. The second kappa shape index (κ2) is 5.64. The summed E-state index contributed by atoms with van der Waals surface area (Å²) in [5.41, 5.74) is 5.71. The molecular formula is C11H18BrN5. The van der Waals surface area contributed by atoms with Crippen LogP contribution in [0.2, 0.25) is 0 Å². The van der Waals surface area contributed by atoms with Crippen LogP contribution in [-0.4, -0.2) is 41.5 Å². The first-order valence-corrected chi connectivity index (χ1v) is 6.64. The Morgan fingerprint density at radius 2 is 2.41 bits per heavy atom. The van der Waals surface area contributed by atoms with E-state index in [-0.39, 0.29) is 0 Å². The van der Waals surface area contributed by atoms with Crippen molar-refractivity contribution in [3.8, 4) is 0 Å². The third-order valence-corrected chi connectivity index (χ3v) is 3.88. The lowest BCUT2D eigenvalue weighted by Gasteiger charge is -2.29. The highest BCUT2D eigenvalue weighted by molar-refractivity contribution is 9.10. The Bertz CT molecular complexity index is 384. The average molecular weight is 300 g/mol. The van der Waals surface area contributed by atoms with Gasteiger partial charge >= 0.3 is 0 Å². The molecule has 0 aliphatic carbocycles. The Morgan fingerprint density at radius 3 is 3.18 bits per heavy atom. The summed E-state index contributed by atoms with van der Waals surface area (Å²) >= 11 is 3.39. The molecule has 2 heterocycles. The minimum absolute atomic E-state index is 0.475. The van der Waals surface area contributed by atoms with E-state index in [1.54, 1.807) is 0 Å². The summed E-state index contributed by atoms with van der Waals surface area (Å²) in [6, 6.07) is 0. The lowest BCUT2D eigenvalue weighted by molar-refractivity contribution is 0.217. The first kappa shape index (κ1) is 12.6. The number of nitrogens with two attached hydrogens (primary N) is 1. The number of piperidine rings is 1. The van der Waals surface area contributed by atoms with E-state index in [0.29, 0.717) is 11.7 Å². The predicted octanol–water partition coefficient (Wildman–Crippen LogP) is 1.57. The van der Waals surface area contributed by atoms with Crippen molar-refractivity contribution >= 4 is 27.6 Å². The summed E-state index contributed by atoms with van der Waals surface area (Å²) in [6.45, 7) is 3.28. The number of hydrogen-bond donors (Lipinski definition) is 2. The van der Waals surface area contributed by atoms with Gasteiger partial charge in [-0.2, -0.15) is 0 Å². The van der Waals surface area contributed by atoms with Crippen molar-refractivity contribution in [3.63, 3.8) is 0 Å². The van der Waals surface area contributed by atoms with Gasteiger partial charge in [-0.3, -0.25) is 0 Å². The van der Waals surface area contributed by atoms with Crippen LogP contribution in [0, 0.1) is 5.92 Å². The number of aromatic nitrogens is 2. The smallest absolute Gasteiger partial charge is 0.145 e. The Labute approximate surface area is 110 Å². The van der Waals surface area contributed by atoms with Crippen molar-refractivity contribution in [1.29, 1.82) is 0 Å². The van der Waals surface area contributed by atoms with Crippen molar-refractivity contribution in [2.45, 2.75) is 12.8 Å². The number of nitrogens with one attached hydrogen (secondary N) is 1. The minimum atomic E-state index is 0.475. The van der Waals surface area contributed by atoms with Crippen LogP contribution in [0.1, 0.15) is 12.8 Å². The zero-order valence-corrected chi connectivity index (χ0v) is 11.6. The molecule has 94 valence electrons. The Kier molecular flexibility index (Phi) is 4.17. The van der Waals surface area contributed by atoms with Crippen molar-refractivity contribution in [2.75, 3.05) is 37.7 Å². The van der Waals surface area contributed by atoms with Gasteiger partial charge < -0.3 is 16.0 Å². The number of anilines is 2. The van der Waals surface area contributed by atoms with Gasteiger partial charge in [-0.1, -0.05) is 0 Å². The molecule has 1 saturated heterocycles. The number of nitrogen functional groups attached to an aromatic ring is 1. The van der Waals surface area contributed by atoms with Gasteiger partial charge in [0, 0.05) is 13.1 Å². The number of likely N-dealkylation sites (tertiary alicyclic amines) is 1. The van der Waals surface area contributed by atoms with E-state index in [1.165, 1.54) is 25.7 Å². The quantitative estimate of drug-likeness (QED) is 0.887. The highest BCUT2D eigenvalue weighted by Crippen LogP contribution is 2.24. The topological polar surface area (TPSA) is 67.1 Å². The summed E-state index contributed by atoms with van der Waals surface area (Å²) in [7, 11) is 2.17. The fourth-order valence-electron chi connectivity index (χ4n) is 2.19. The van der Waals surface area contributed by atoms with E-state index < -0.39 is 0 Å². The van der Waals surface area contributed by atoms with E-state index in [0.717, 1.165) is 23.4 Å². The lowest BCUT2D eigenvalue weighted by atomic mass is 9.98. The maximum atomic E-state index is 5.71. The molecule has 1 aliphatic rings. The first-order valence-electron chi connectivity index (χ1n) is 5.85. The number of nitrogens with zero attached hydrogens (tertiary/aromatic N) is 3. The van der Waals surface area contributed by atoms with Crippen LogP contribution in [0.25, 0.3) is 0 Å². The highest BCUT2D eigenvalue weighted by Gasteiger charge is 2.17. The van der Waals surface area contributed by atoms with Crippen molar-refractivity contribution in [1.82, 2.24) is 14.9 Å². The van der Waals surface area contributed by atoms with E-state index in [2.05, 4.69) is 43.2 Å². The molecule has 1 unspecified atom stereocenters. The molecule has 0 amide bonds. The molecule has 1 aromatic rings. The van der Waals surface area contributed by atoms with E-state index in [9.17, 15) is 0 Å². The second-order valence-corrected chi connectivity index (χ2v) is 5.37. The molecule has 0 bridgehead atoms. The molecule has 0 saturated carbocycles. The highest BCUT2D eigenvalue weighted by atomic mass is 79.9. The zero-order valence-electron chi connectivity index (χ0n) is 9.99. The molecule has 1 fully saturated rings. The van der Waals surface area contributed by atoms with Gasteiger partial charge in [-0.05, 0) is 48.3 Å². The Balaban J connectivity index is 1.91. The van der Waals surface area contributed by atoms with Gasteiger partial charge in [0.25, 0.3) is 0 Å². The van der Waals surface area contributed by atoms with Crippen LogP contribution in [0.5, 0.6) is 0 Å². The second-order valence-electron chi connectivity index (χ2n) is 4.57. The molecule has 0 spiro atoms. The normalized spacial score (nSPS) is 21.4. The van der Waals surface area contributed by atoms with Crippen molar-refractivity contribution in [2.24, 2.45) is 5.92 Å². The van der Waals surface area contributed by atoms with Gasteiger partial charge in [0.2, 0.25) is 0 Å². The molecule has 1 aliphatic heterocycles. The van der Waals surface area contributed by atoms with E-state index in [4.69, 9.17) is 5.73 Å². The largest absolute Gasteiger partial charge is 0.383 e. The van der Waals surface area contributed by atoms with Gasteiger partial charge in [-0.25, -0.2) is 9.97 Å². The van der Waals surface area contributed by atoms with Gasteiger partial charge in [0.1, 0.15) is 22.4 Å². The van der Waals surface area contributed by atoms with Gasteiger partial charge in [-0.15, -0.1) is 0 Å². The number of halogens is 1. The van der Waals surface area contributed by atoms with E-state index >= 15 is 0 Å². The standard InChI is InChI=1S/C11H18BrN5/c1-17-4-2-3-8(6-17)5-14-11-9(12)10(13)15-7-16-11/h7-8H,2-6H2,1H3,(H3,13,14,15,16). The molecular weight excluding hydrogens is 282 g/mol. The van der Waals surface area contributed by atoms with Crippen LogP contribution in [0.3, 0.4) is 0 Å². The molecule has 1 aromatic heterocycles. The predicted molar refractivity (Wildman–Crippen MR) is 72.9 cm³/mol. The molecule has 6 heteroatoms. The molecule has 0 aromatic carbocycles. The molecule has 1 atom stereocenters. The summed E-state index contributed by atoms with van der Waals surface area (Å²) in [6.07, 6.45) is 4.03.